The van der Waals surface area contributed by atoms with Crippen LogP contribution in [0.25, 0.3) is 12.2 Å². The van der Waals surface area contributed by atoms with Crippen LogP contribution in [0.5, 0.6) is 0 Å². The Balaban J connectivity index is 0.000000167. The van der Waals surface area contributed by atoms with Crippen molar-refractivity contribution < 1.29 is 5.11 Å². The third-order valence-corrected chi connectivity index (χ3v) is 4.00. The number of aliphatic hydroxyl groups is 1. The molecule has 1 atom stereocenters. The van der Waals surface area contributed by atoms with Crippen molar-refractivity contribution in [1.29, 1.82) is 0 Å². The van der Waals surface area contributed by atoms with Crippen LogP contribution in [0, 0.1) is 0 Å². The standard InChI is InChI=1S/C10H11NO.C10H13N/c1-3-9(7-12)10-4-5-11-6-8(10)2;1-2-4-9(5-3-1)10-6-7-11-8-10/h3-6,12H,1-2,7H2;1-5,10-11H,6-8H2/b10-9+;. The normalized spacial score (nSPS) is 17.9. The van der Waals surface area contributed by atoms with E-state index in [1.807, 2.05) is 6.07 Å². The number of pyridine rings is 1. The number of hydrogen-bond donors (Lipinski definition) is 2. The molecule has 3 heteroatoms. The van der Waals surface area contributed by atoms with Gasteiger partial charge in [0, 0.05) is 18.9 Å². The average Bonchev–Trinajstić information content (AvgIpc) is 3.14. The van der Waals surface area contributed by atoms with Crippen molar-refractivity contribution in [1.82, 2.24) is 10.3 Å². The summed E-state index contributed by atoms with van der Waals surface area (Å²) < 4.78 is 0. The number of nitrogens with one attached hydrogen (secondary N) is 1. The third kappa shape index (κ3) is 4.88. The zero-order valence-electron chi connectivity index (χ0n) is 13.4. The molecule has 1 fully saturated rings. The van der Waals surface area contributed by atoms with Gasteiger partial charge in [0.1, 0.15) is 0 Å². The Morgan fingerprint density at radius 1 is 1.30 bits per heavy atom. The van der Waals surface area contributed by atoms with E-state index in [0.29, 0.717) is 0 Å². The van der Waals surface area contributed by atoms with Crippen LogP contribution in [0.3, 0.4) is 0 Å². The summed E-state index contributed by atoms with van der Waals surface area (Å²) in [6, 6.07) is 12.6. The molecule has 1 unspecified atom stereocenters. The van der Waals surface area contributed by atoms with E-state index in [1.165, 1.54) is 18.5 Å². The fourth-order valence-corrected chi connectivity index (χ4v) is 2.66. The molecule has 2 heterocycles. The van der Waals surface area contributed by atoms with E-state index in [2.05, 4.69) is 53.8 Å². The quantitative estimate of drug-likeness (QED) is 0.905. The maximum atomic E-state index is 8.95. The van der Waals surface area contributed by atoms with E-state index >= 15 is 0 Å². The molecule has 0 bridgehead atoms. The summed E-state index contributed by atoms with van der Waals surface area (Å²) >= 11 is 0. The molecule has 1 aliphatic rings. The smallest absolute Gasteiger partial charge is 0.0687 e. The number of nitrogens with zero attached hydrogens (tertiary/aromatic N) is 1. The Morgan fingerprint density at radius 3 is 2.65 bits per heavy atom. The molecule has 23 heavy (non-hydrogen) atoms. The van der Waals surface area contributed by atoms with Crippen molar-refractivity contribution >= 4 is 12.2 Å². The van der Waals surface area contributed by atoms with Gasteiger partial charge in [0.05, 0.1) is 6.61 Å². The van der Waals surface area contributed by atoms with Crippen molar-refractivity contribution in [3.63, 3.8) is 0 Å². The maximum Gasteiger partial charge on any atom is 0.0687 e. The highest BCUT2D eigenvalue weighted by atomic mass is 16.3. The van der Waals surface area contributed by atoms with E-state index < -0.39 is 0 Å². The minimum Gasteiger partial charge on any atom is -0.392 e. The van der Waals surface area contributed by atoms with Crippen LogP contribution in [0.15, 0.2) is 61.4 Å². The van der Waals surface area contributed by atoms with Gasteiger partial charge in [0.2, 0.25) is 0 Å². The van der Waals surface area contributed by atoms with Crippen LogP contribution in [0.1, 0.15) is 17.9 Å². The molecular formula is C20H24N2O. The predicted molar refractivity (Wildman–Crippen MR) is 96.4 cm³/mol. The van der Waals surface area contributed by atoms with Gasteiger partial charge in [-0.15, -0.1) is 0 Å². The molecule has 2 N–H and O–H groups in total. The van der Waals surface area contributed by atoms with Gasteiger partial charge in [0.25, 0.3) is 0 Å². The molecule has 3 rings (SSSR count). The Labute approximate surface area is 137 Å². The van der Waals surface area contributed by atoms with Gasteiger partial charge < -0.3 is 10.4 Å². The predicted octanol–water partition coefficient (Wildman–Crippen LogP) is 1.58. The summed E-state index contributed by atoms with van der Waals surface area (Å²) in [5.41, 5.74) is 2.26. The Hall–Kier alpha value is -2.23. The molecule has 0 saturated carbocycles. The zero-order chi connectivity index (χ0) is 16.5. The largest absolute Gasteiger partial charge is 0.392 e. The minimum atomic E-state index is -0.0178. The second kappa shape index (κ2) is 9.03. The summed E-state index contributed by atoms with van der Waals surface area (Å²) in [5.74, 6) is 0.760. The molecular weight excluding hydrogens is 284 g/mol. The van der Waals surface area contributed by atoms with Gasteiger partial charge in [-0.1, -0.05) is 49.6 Å². The van der Waals surface area contributed by atoms with Crippen molar-refractivity contribution in [3.05, 3.63) is 77.4 Å². The SMILES string of the molecule is C=C/C(CO)=c1/ccncc1=C.c1ccc(C2CCNC2)cc1. The van der Waals surface area contributed by atoms with Crippen molar-refractivity contribution in [2.24, 2.45) is 0 Å². The van der Waals surface area contributed by atoms with E-state index in [-0.39, 0.29) is 6.61 Å². The molecule has 0 radical (unpaired) electrons. The highest BCUT2D eigenvalue weighted by molar-refractivity contribution is 5.56. The summed E-state index contributed by atoms with van der Waals surface area (Å²) in [5, 5.41) is 14.0. The number of hydrogen-bond acceptors (Lipinski definition) is 3. The van der Waals surface area contributed by atoms with Crippen molar-refractivity contribution in [2.45, 2.75) is 12.3 Å². The number of rotatable bonds is 3. The fourth-order valence-electron chi connectivity index (χ4n) is 2.66. The Kier molecular flexibility index (Phi) is 6.73. The zero-order valence-corrected chi connectivity index (χ0v) is 13.4. The molecule has 0 amide bonds. The lowest BCUT2D eigenvalue weighted by atomic mass is 9.99. The molecule has 1 saturated heterocycles. The first-order valence-corrected chi connectivity index (χ1v) is 7.87. The second-order valence-corrected chi connectivity index (χ2v) is 5.52. The second-order valence-electron chi connectivity index (χ2n) is 5.52. The molecule has 0 aliphatic carbocycles. The van der Waals surface area contributed by atoms with E-state index in [0.717, 1.165) is 28.5 Å². The van der Waals surface area contributed by atoms with Gasteiger partial charge in [-0.05, 0) is 46.5 Å². The first-order chi connectivity index (χ1) is 11.3. The Morgan fingerprint density at radius 2 is 2.09 bits per heavy atom. The lowest BCUT2D eigenvalue weighted by molar-refractivity contribution is 0.350. The molecule has 1 aromatic carbocycles. The summed E-state index contributed by atoms with van der Waals surface area (Å²) in [6.45, 7) is 9.72. The number of benzene rings is 1. The van der Waals surface area contributed by atoms with Crippen molar-refractivity contribution in [2.75, 3.05) is 19.7 Å². The first kappa shape index (κ1) is 17.1. The molecule has 0 spiro atoms. The topological polar surface area (TPSA) is 45.2 Å². The molecule has 2 aromatic rings. The number of aliphatic hydroxyl groups excluding tert-OH is 1. The van der Waals surface area contributed by atoms with E-state index in [4.69, 9.17) is 5.11 Å². The highest BCUT2D eigenvalue weighted by Crippen LogP contribution is 2.21. The van der Waals surface area contributed by atoms with Gasteiger partial charge >= 0.3 is 0 Å². The summed E-state index contributed by atoms with van der Waals surface area (Å²) in [4.78, 5) is 3.90. The summed E-state index contributed by atoms with van der Waals surface area (Å²) in [7, 11) is 0. The van der Waals surface area contributed by atoms with Crippen LogP contribution >= 0.6 is 0 Å². The van der Waals surface area contributed by atoms with Gasteiger partial charge in [0.15, 0.2) is 0 Å². The maximum absolute atomic E-state index is 8.95. The first-order valence-electron chi connectivity index (χ1n) is 7.87. The van der Waals surface area contributed by atoms with Crippen LogP contribution < -0.4 is 15.8 Å². The molecule has 3 nitrogen and oxygen atoms in total. The molecule has 120 valence electrons. The third-order valence-electron chi connectivity index (χ3n) is 4.00. The van der Waals surface area contributed by atoms with Crippen LogP contribution in [-0.2, 0) is 0 Å². The van der Waals surface area contributed by atoms with Crippen molar-refractivity contribution in [3.8, 4) is 0 Å². The van der Waals surface area contributed by atoms with E-state index in [9.17, 15) is 0 Å². The molecule has 1 aliphatic heterocycles. The van der Waals surface area contributed by atoms with Crippen LogP contribution in [0.2, 0.25) is 0 Å². The van der Waals surface area contributed by atoms with Crippen LogP contribution in [0.4, 0.5) is 0 Å². The van der Waals surface area contributed by atoms with Crippen LogP contribution in [-0.4, -0.2) is 29.8 Å². The highest BCUT2D eigenvalue weighted by Gasteiger charge is 2.15. The monoisotopic (exact) mass is 308 g/mol. The lowest BCUT2D eigenvalue weighted by Crippen LogP contribution is -2.26. The molecule has 1 aromatic heterocycles. The Bertz CT molecular complexity index is 719. The average molecular weight is 308 g/mol. The number of aromatic nitrogens is 1. The van der Waals surface area contributed by atoms with E-state index in [1.54, 1.807) is 18.5 Å². The minimum absolute atomic E-state index is 0.0178. The fraction of sp³-hybridized carbons (Fsp3) is 0.250. The summed E-state index contributed by atoms with van der Waals surface area (Å²) in [6.07, 6.45) is 6.26. The van der Waals surface area contributed by atoms with Gasteiger partial charge in [-0.3, -0.25) is 4.98 Å². The van der Waals surface area contributed by atoms with Gasteiger partial charge in [-0.2, -0.15) is 0 Å². The lowest BCUT2D eigenvalue weighted by Gasteiger charge is -2.06. The van der Waals surface area contributed by atoms with Gasteiger partial charge in [-0.25, -0.2) is 0 Å².